The highest BCUT2D eigenvalue weighted by molar-refractivity contribution is 5.73. The van der Waals surface area contributed by atoms with Crippen LogP contribution in [0.25, 0.3) is 0 Å². The van der Waals surface area contributed by atoms with Crippen LogP contribution in [-0.4, -0.2) is 27.3 Å². The molecule has 0 aromatic carbocycles. The summed E-state index contributed by atoms with van der Waals surface area (Å²) in [5.74, 6) is -0.0165. The lowest BCUT2D eigenvalue weighted by Gasteiger charge is -2.26. The summed E-state index contributed by atoms with van der Waals surface area (Å²) in [6.45, 7) is 2.54. The average molecular weight is 221 g/mol. The van der Waals surface area contributed by atoms with E-state index in [-0.39, 0.29) is 11.6 Å². The van der Waals surface area contributed by atoms with Crippen molar-refractivity contribution < 1.29 is 9.72 Å². The Hall–Kier alpha value is -1.98. The standard InChI is InChI=1S/C10H11N3O3/c1-7(14)12-3-2-10-8(6-12)4-9(5-11-10)13(15)16/h4-5H,2-3,6H2,1H3. The zero-order valence-corrected chi connectivity index (χ0v) is 8.84. The fourth-order valence-corrected chi connectivity index (χ4v) is 1.78. The fourth-order valence-electron chi connectivity index (χ4n) is 1.78. The summed E-state index contributed by atoms with van der Waals surface area (Å²) in [6.07, 6.45) is 1.93. The minimum Gasteiger partial charge on any atom is -0.338 e. The van der Waals surface area contributed by atoms with E-state index in [9.17, 15) is 14.9 Å². The van der Waals surface area contributed by atoms with Gasteiger partial charge in [0.25, 0.3) is 5.69 Å². The number of pyridine rings is 1. The minimum absolute atomic E-state index is 0.0165. The Morgan fingerprint density at radius 1 is 1.62 bits per heavy atom. The first-order valence-electron chi connectivity index (χ1n) is 4.95. The van der Waals surface area contributed by atoms with Crippen LogP contribution in [0.5, 0.6) is 0 Å². The number of hydrogen-bond acceptors (Lipinski definition) is 4. The summed E-state index contributed by atoms with van der Waals surface area (Å²) in [4.78, 5) is 27.0. The van der Waals surface area contributed by atoms with Gasteiger partial charge in [-0.25, -0.2) is 0 Å². The van der Waals surface area contributed by atoms with Crippen LogP contribution < -0.4 is 0 Å². The molecule has 0 unspecified atom stereocenters. The molecule has 0 saturated carbocycles. The highest BCUT2D eigenvalue weighted by Gasteiger charge is 2.21. The highest BCUT2D eigenvalue weighted by Crippen LogP contribution is 2.21. The third-order valence-corrected chi connectivity index (χ3v) is 2.68. The molecule has 0 aliphatic carbocycles. The quantitative estimate of drug-likeness (QED) is 0.521. The molecule has 0 atom stereocenters. The molecule has 0 N–H and O–H groups in total. The van der Waals surface area contributed by atoms with Gasteiger partial charge in [-0.3, -0.25) is 19.9 Å². The molecule has 1 amide bonds. The zero-order valence-electron chi connectivity index (χ0n) is 8.84. The van der Waals surface area contributed by atoms with E-state index in [4.69, 9.17) is 0 Å². The van der Waals surface area contributed by atoms with Gasteiger partial charge in [-0.05, 0) is 5.56 Å². The number of fused-ring (bicyclic) bond motifs is 1. The van der Waals surface area contributed by atoms with E-state index < -0.39 is 4.92 Å². The summed E-state index contributed by atoms with van der Waals surface area (Å²) in [5, 5.41) is 10.6. The van der Waals surface area contributed by atoms with E-state index in [1.807, 2.05) is 0 Å². The molecule has 6 heteroatoms. The maximum Gasteiger partial charge on any atom is 0.287 e. The van der Waals surface area contributed by atoms with Crippen molar-refractivity contribution in [1.29, 1.82) is 0 Å². The fraction of sp³-hybridized carbons (Fsp3) is 0.400. The molecule has 0 fully saturated rings. The monoisotopic (exact) mass is 221 g/mol. The van der Waals surface area contributed by atoms with Crippen molar-refractivity contribution in [1.82, 2.24) is 9.88 Å². The maximum absolute atomic E-state index is 11.2. The van der Waals surface area contributed by atoms with E-state index in [2.05, 4.69) is 4.98 Å². The molecule has 1 aliphatic heterocycles. The normalized spacial score (nSPS) is 14.4. The van der Waals surface area contributed by atoms with Crippen molar-refractivity contribution in [3.8, 4) is 0 Å². The summed E-state index contributed by atoms with van der Waals surface area (Å²) >= 11 is 0. The molecule has 2 rings (SSSR count). The van der Waals surface area contributed by atoms with Gasteiger partial charge in [0, 0.05) is 38.2 Å². The molecular weight excluding hydrogens is 210 g/mol. The van der Waals surface area contributed by atoms with Gasteiger partial charge >= 0.3 is 0 Å². The van der Waals surface area contributed by atoms with Gasteiger partial charge in [0.1, 0.15) is 6.20 Å². The Labute approximate surface area is 92.0 Å². The third kappa shape index (κ3) is 1.86. The summed E-state index contributed by atoms with van der Waals surface area (Å²) in [6, 6.07) is 1.50. The van der Waals surface area contributed by atoms with Crippen molar-refractivity contribution in [2.24, 2.45) is 0 Å². The number of nitro groups is 1. The van der Waals surface area contributed by atoms with Crippen LogP contribution >= 0.6 is 0 Å². The number of carbonyl (C=O) groups is 1. The number of hydrogen-bond donors (Lipinski definition) is 0. The summed E-state index contributed by atoms with van der Waals surface area (Å²) in [5.41, 5.74) is 1.60. The molecule has 1 aromatic heterocycles. The van der Waals surface area contributed by atoms with Crippen LogP contribution in [0.1, 0.15) is 18.2 Å². The van der Waals surface area contributed by atoms with Crippen molar-refractivity contribution in [3.05, 3.63) is 33.6 Å². The van der Waals surface area contributed by atoms with Crippen LogP contribution in [0.2, 0.25) is 0 Å². The highest BCUT2D eigenvalue weighted by atomic mass is 16.6. The Kier molecular flexibility index (Phi) is 2.55. The minimum atomic E-state index is -0.472. The van der Waals surface area contributed by atoms with Crippen LogP contribution in [0.4, 0.5) is 5.69 Å². The first-order chi connectivity index (χ1) is 7.58. The van der Waals surface area contributed by atoms with Gasteiger partial charge in [-0.1, -0.05) is 0 Å². The Morgan fingerprint density at radius 2 is 2.38 bits per heavy atom. The molecule has 84 valence electrons. The molecule has 0 spiro atoms. The Bertz CT molecular complexity index is 459. The molecule has 2 heterocycles. The number of rotatable bonds is 1. The van der Waals surface area contributed by atoms with Gasteiger partial charge in [-0.15, -0.1) is 0 Å². The second kappa shape index (κ2) is 3.88. The van der Waals surface area contributed by atoms with Gasteiger partial charge in [0.15, 0.2) is 0 Å². The predicted molar refractivity (Wildman–Crippen MR) is 55.7 cm³/mol. The van der Waals surface area contributed by atoms with Crippen molar-refractivity contribution in [2.45, 2.75) is 19.9 Å². The third-order valence-electron chi connectivity index (χ3n) is 2.68. The maximum atomic E-state index is 11.2. The van der Waals surface area contributed by atoms with E-state index in [0.717, 1.165) is 11.3 Å². The zero-order chi connectivity index (χ0) is 11.7. The van der Waals surface area contributed by atoms with Crippen LogP contribution in [0, 0.1) is 10.1 Å². The van der Waals surface area contributed by atoms with E-state index in [1.54, 1.807) is 4.90 Å². The summed E-state index contributed by atoms with van der Waals surface area (Å²) < 4.78 is 0. The second-order valence-corrected chi connectivity index (χ2v) is 3.75. The lowest BCUT2D eigenvalue weighted by atomic mass is 10.1. The summed E-state index contributed by atoms with van der Waals surface area (Å²) in [7, 11) is 0. The van der Waals surface area contributed by atoms with Crippen molar-refractivity contribution >= 4 is 11.6 Å². The molecule has 1 aromatic rings. The molecule has 6 nitrogen and oxygen atoms in total. The number of carbonyl (C=O) groups excluding carboxylic acids is 1. The van der Waals surface area contributed by atoms with E-state index in [1.165, 1.54) is 19.2 Å². The van der Waals surface area contributed by atoms with Crippen LogP contribution in [0.15, 0.2) is 12.3 Å². The second-order valence-electron chi connectivity index (χ2n) is 3.75. The SMILES string of the molecule is CC(=O)N1CCc2ncc([N+](=O)[O-])cc2C1. The van der Waals surface area contributed by atoms with Gasteiger partial charge in [-0.2, -0.15) is 0 Å². The topological polar surface area (TPSA) is 76.3 Å². The molecule has 0 radical (unpaired) electrons. The Balaban J connectivity index is 2.32. The lowest BCUT2D eigenvalue weighted by Crippen LogP contribution is -2.34. The van der Waals surface area contributed by atoms with Gasteiger partial charge in [0.2, 0.25) is 5.91 Å². The average Bonchev–Trinajstić information content (AvgIpc) is 2.27. The predicted octanol–water partition coefficient (Wildman–Crippen LogP) is 0.894. The molecule has 1 aliphatic rings. The molecular formula is C10H11N3O3. The molecule has 0 bridgehead atoms. The van der Waals surface area contributed by atoms with Crippen LogP contribution in [-0.2, 0) is 17.8 Å². The van der Waals surface area contributed by atoms with Gasteiger partial charge < -0.3 is 4.90 Å². The number of aromatic nitrogens is 1. The van der Waals surface area contributed by atoms with Crippen LogP contribution in [0.3, 0.4) is 0 Å². The number of nitrogens with zero attached hydrogens (tertiary/aromatic N) is 3. The Morgan fingerprint density at radius 3 is 3.00 bits per heavy atom. The van der Waals surface area contributed by atoms with Gasteiger partial charge in [0.05, 0.1) is 4.92 Å². The first-order valence-corrected chi connectivity index (χ1v) is 4.95. The van der Waals surface area contributed by atoms with Crippen molar-refractivity contribution in [2.75, 3.05) is 6.54 Å². The van der Waals surface area contributed by atoms with E-state index in [0.29, 0.717) is 19.5 Å². The molecule has 0 saturated heterocycles. The lowest BCUT2D eigenvalue weighted by molar-refractivity contribution is -0.385. The van der Waals surface area contributed by atoms with E-state index >= 15 is 0 Å². The largest absolute Gasteiger partial charge is 0.338 e. The van der Waals surface area contributed by atoms with Crippen molar-refractivity contribution in [3.63, 3.8) is 0 Å². The number of amides is 1. The smallest absolute Gasteiger partial charge is 0.287 e. The first kappa shape index (κ1) is 10.5. The molecule has 16 heavy (non-hydrogen) atoms.